The van der Waals surface area contributed by atoms with Gasteiger partial charge in [0.25, 0.3) is 0 Å². The van der Waals surface area contributed by atoms with Crippen molar-refractivity contribution < 1.29 is 19.4 Å². The van der Waals surface area contributed by atoms with Crippen LogP contribution in [0, 0.1) is 5.92 Å². The molecule has 47 heavy (non-hydrogen) atoms. The Labute approximate surface area is 292 Å². The number of fused-ring (bicyclic) bond motifs is 3. The number of carbonyl (C=O) groups excluding carboxylic acids is 1. The summed E-state index contributed by atoms with van der Waals surface area (Å²) in [5.41, 5.74) is 5.07. The molecule has 0 unspecified atom stereocenters. The molecule has 2 fully saturated rings. The van der Waals surface area contributed by atoms with Gasteiger partial charge in [0.1, 0.15) is 5.75 Å². The molecule has 1 amide bonds. The number of phenols is 1. The fourth-order valence-electron chi connectivity index (χ4n) is 8.34. The number of hydrogen-bond acceptors (Lipinski definition) is 6. The summed E-state index contributed by atoms with van der Waals surface area (Å²) in [5.74, 6) is 2.39. The molecule has 2 bridgehead atoms. The minimum atomic E-state index is -0.0633. The van der Waals surface area contributed by atoms with Crippen LogP contribution in [0.1, 0.15) is 61.3 Å². The van der Waals surface area contributed by atoms with Crippen molar-refractivity contribution in [3.8, 4) is 17.2 Å². The van der Waals surface area contributed by atoms with Crippen LogP contribution in [-0.4, -0.2) is 73.3 Å². The Kier molecular flexibility index (Phi) is 12.9. The molecular formula is C38H51Cl2N3O4. The van der Waals surface area contributed by atoms with Gasteiger partial charge >= 0.3 is 0 Å². The van der Waals surface area contributed by atoms with Crippen LogP contribution >= 0.6 is 24.8 Å². The van der Waals surface area contributed by atoms with Gasteiger partial charge in [0.05, 0.1) is 14.2 Å². The predicted octanol–water partition coefficient (Wildman–Crippen LogP) is 6.56. The molecule has 1 saturated heterocycles. The summed E-state index contributed by atoms with van der Waals surface area (Å²) in [7, 11) is 3.34. The van der Waals surface area contributed by atoms with Crippen LogP contribution in [-0.2, 0) is 29.6 Å². The Hall–Kier alpha value is -2.97. The smallest absolute Gasteiger partial charge is 0.221 e. The van der Waals surface area contributed by atoms with Gasteiger partial charge in [0.15, 0.2) is 11.5 Å². The number of piperidine rings is 1. The van der Waals surface area contributed by atoms with Crippen molar-refractivity contribution >= 4 is 30.7 Å². The Morgan fingerprint density at radius 3 is 2.43 bits per heavy atom. The number of amides is 1. The first-order valence-electron chi connectivity index (χ1n) is 16.7. The van der Waals surface area contributed by atoms with E-state index in [1.165, 1.54) is 22.3 Å². The third kappa shape index (κ3) is 8.37. The maximum atomic E-state index is 13.5. The van der Waals surface area contributed by atoms with Crippen molar-refractivity contribution in [2.45, 2.75) is 75.9 Å². The average molecular weight is 685 g/mol. The zero-order valence-corrected chi connectivity index (χ0v) is 29.6. The van der Waals surface area contributed by atoms with Crippen molar-refractivity contribution in [1.82, 2.24) is 15.1 Å². The van der Waals surface area contributed by atoms with Gasteiger partial charge in [0.2, 0.25) is 5.91 Å². The van der Waals surface area contributed by atoms with E-state index >= 15 is 0 Å². The summed E-state index contributed by atoms with van der Waals surface area (Å²) >= 11 is 0. The highest BCUT2D eigenvalue weighted by Gasteiger charge is 2.51. The maximum absolute atomic E-state index is 13.5. The molecule has 6 rings (SSSR count). The van der Waals surface area contributed by atoms with E-state index in [-0.39, 0.29) is 42.2 Å². The fraction of sp³-hybridized carbons (Fsp3) is 0.500. The van der Waals surface area contributed by atoms with Crippen molar-refractivity contribution in [3.05, 3.63) is 89.0 Å². The van der Waals surface area contributed by atoms with E-state index < -0.39 is 0 Å². The number of carbonyl (C=O) groups is 1. The number of rotatable bonds is 11. The van der Waals surface area contributed by atoms with Gasteiger partial charge in [-0.3, -0.25) is 14.6 Å². The third-order valence-corrected chi connectivity index (χ3v) is 10.7. The molecule has 4 atom stereocenters. The number of benzene rings is 3. The number of nitrogens with one attached hydrogen (secondary N) is 1. The Morgan fingerprint density at radius 1 is 0.957 bits per heavy atom. The number of likely N-dealkylation sites (tertiary alicyclic amines) is 1. The quantitative estimate of drug-likeness (QED) is 0.239. The Morgan fingerprint density at radius 2 is 1.70 bits per heavy atom. The molecule has 0 radical (unpaired) electrons. The molecule has 256 valence electrons. The Bertz CT molecular complexity index is 1470. The first kappa shape index (κ1) is 36.9. The number of nitrogens with zero attached hydrogens (tertiary/aromatic N) is 2. The van der Waals surface area contributed by atoms with E-state index in [0.717, 1.165) is 82.7 Å². The van der Waals surface area contributed by atoms with Crippen LogP contribution in [0.2, 0.25) is 0 Å². The predicted molar refractivity (Wildman–Crippen MR) is 192 cm³/mol. The zero-order chi connectivity index (χ0) is 31.4. The van der Waals surface area contributed by atoms with Crippen molar-refractivity contribution in [2.75, 3.05) is 40.4 Å². The topological polar surface area (TPSA) is 74.3 Å². The van der Waals surface area contributed by atoms with E-state index in [9.17, 15) is 9.90 Å². The van der Waals surface area contributed by atoms with E-state index in [1.807, 2.05) is 12.1 Å². The second kappa shape index (κ2) is 16.4. The number of hydrogen-bond donors (Lipinski definition) is 2. The number of ether oxygens (including phenoxy) is 2. The maximum Gasteiger partial charge on any atom is 0.221 e. The highest BCUT2D eigenvalue weighted by Crippen LogP contribution is 2.50. The first-order valence-corrected chi connectivity index (χ1v) is 16.7. The lowest BCUT2D eigenvalue weighted by atomic mass is 9.57. The summed E-state index contributed by atoms with van der Waals surface area (Å²) in [4.78, 5) is 18.5. The van der Waals surface area contributed by atoms with E-state index in [0.29, 0.717) is 24.1 Å². The standard InChI is InChI=1S/C38H49N3O4.2ClH/c1-27-25-41(16-8-11-28-9-5-4-6-10-28)33-22-32(23-38(27,24-33)31-12-7-13-34(42)21-31)39-37(43)15-18-40-17-14-29-19-35(44-2)36(45-3)20-30(29)26-40;;/h4-7,9-10,12-13,19-21,27,32-33,42H,8,11,14-18,22-26H2,1-3H3,(H,39,43);2*1H/t27-,32+,33+,38+;;/m1../s1. The number of halogens is 2. The molecule has 3 aromatic carbocycles. The number of methoxy groups -OCH3 is 2. The summed E-state index contributed by atoms with van der Waals surface area (Å²) in [6.07, 6.45) is 6.58. The second-order valence-corrected chi connectivity index (χ2v) is 13.5. The highest BCUT2D eigenvalue weighted by atomic mass is 35.5. The van der Waals surface area contributed by atoms with E-state index in [2.05, 4.69) is 70.6 Å². The fourth-order valence-corrected chi connectivity index (χ4v) is 8.34. The van der Waals surface area contributed by atoms with Crippen LogP contribution in [0.15, 0.2) is 66.7 Å². The molecular weight excluding hydrogens is 633 g/mol. The largest absolute Gasteiger partial charge is 0.508 e. The van der Waals surface area contributed by atoms with Crippen molar-refractivity contribution in [2.24, 2.45) is 5.92 Å². The van der Waals surface area contributed by atoms with E-state index in [1.54, 1.807) is 20.3 Å². The van der Waals surface area contributed by atoms with Crippen molar-refractivity contribution in [1.29, 1.82) is 0 Å². The molecule has 1 saturated carbocycles. The average Bonchev–Trinajstić information content (AvgIpc) is 3.05. The lowest BCUT2D eigenvalue weighted by molar-refractivity contribution is -0.123. The number of phenolic OH excluding ortho intramolecular Hbond substituents is 1. The minimum absolute atomic E-state index is 0. The lowest BCUT2D eigenvalue weighted by Gasteiger charge is -2.56. The molecule has 3 aliphatic rings. The SMILES string of the molecule is COc1cc2c(cc1OC)CN(CCC(=O)N[C@H]1C[C@H]3C[C@@](c4cccc(O)c4)(C1)[C@H](C)CN3CCCc1ccccc1)CC2.Cl.Cl. The molecule has 3 aromatic rings. The van der Waals surface area contributed by atoms with Gasteiger partial charge in [-0.2, -0.15) is 0 Å². The lowest BCUT2D eigenvalue weighted by Crippen LogP contribution is -2.61. The summed E-state index contributed by atoms with van der Waals surface area (Å²) in [6, 6.07) is 23.3. The highest BCUT2D eigenvalue weighted by molar-refractivity contribution is 5.85. The summed E-state index contributed by atoms with van der Waals surface area (Å²) < 4.78 is 11.0. The van der Waals surface area contributed by atoms with Crippen molar-refractivity contribution in [3.63, 3.8) is 0 Å². The van der Waals surface area contributed by atoms with Gasteiger partial charge in [-0.15, -0.1) is 24.8 Å². The molecule has 2 heterocycles. The molecule has 7 nitrogen and oxygen atoms in total. The molecule has 0 spiro atoms. The summed E-state index contributed by atoms with van der Waals surface area (Å²) in [5, 5.41) is 13.9. The summed E-state index contributed by atoms with van der Waals surface area (Å²) in [6.45, 7) is 6.95. The Balaban J connectivity index is 0.00000250. The molecule has 0 aromatic heterocycles. The van der Waals surface area contributed by atoms with Gasteiger partial charge < -0.3 is 19.9 Å². The van der Waals surface area contributed by atoms with Crippen LogP contribution in [0.5, 0.6) is 17.2 Å². The molecule has 9 heteroatoms. The zero-order valence-electron chi connectivity index (χ0n) is 28.0. The molecule has 1 aliphatic carbocycles. The molecule has 2 aliphatic heterocycles. The minimum Gasteiger partial charge on any atom is -0.508 e. The van der Waals surface area contributed by atoms with Gasteiger partial charge in [-0.1, -0.05) is 49.4 Å². The van der Waals surface area contributed by atoms with Crippen LogP contribution < -0.4 is 14.8 Å². The number of aryl methyl sites for hydroxylation is 1. The van der Waals surface area contributed by atoms with Gasteiger partial charge in [-0.05, 0) is 97.5 Å². The normalized spacial score (nSPS) is 23.9. The third-order valence-electron chi connectivity index (χ3n) is 10.7. The van der Waals surface area contributed by atoms with Crippen LogP contribution in [0.4, 0.5) is 0 Å². The van der Waals surface area contributed by atoms with Crippen LogP contribution in [0.3, 0.4) is 0 Å². The van der Waals surface area contributed by atoms with E-state index in [4.69, 9.17) is 9.47 Å². The monoisotopic (exact) mass is 683 g/mol. The van der Waals surface area contributed by atoms with Gasteiger partial charge in [0, 0.05) is 50.1 Å². The second-order valence-electron chi connectivity index (χ2n) is 13.5. The van der Waals surface area contributed by atoms with Crippen LogP contribution in [0.25, 0.3) is 0 Å². The van der Waals surface area contributed by atoms with Gasteiger partial charge in [-0.25, -0.2) is 0 Å². The molecule has 2 N–H and O–H groups in total. The first-order chi connectivity index (χ1) is 21.9. The number of aromatic hydroxyl groups is 1.